The lowest BCUT2D eigenvalue weighted by molar-refractivity contribution is -0.388. The normalized spacial score (nSPS) is 11.8. The van der Waals surface area contributed by atoms with Crippen LogP contribution in [-0.2, 0) is 16.9 Å². The Kier molecular flexibility index (Phi) is 3.17. The van der Waals surface area contributed by atoms with Gasteiger partial charge in [0.25, 0.3) is 5.69 Å². The first-order valence-corrected chi connectivity index (χ1v) is 4.91. The van der Waals surface area contributed by atoms with Crippen LogP contribution in [0.15, 0.2) is 23.1 Å². The zero-order valence-corrected chi connectivity index (χ0v) is 8.29. The zero-order chi connectivity index (χ0) is 12.5. The van der Waals surface area contributed by atoms with Crippen LogP contribution in [-0.4, -0.2) is 13.3 Å². The average Bonchev–Trinajstić information content (AvgIpc) is 2.15. The van der Waals surface area contributed by atoms with Crippen molar-refractivity contribution >= 4 is 16.4 Å². The minimum absolute atomic E-state index is 0.195. The number of nitro groups is 1. The van der Waals surface area contributed by atoms with Gasteiger partial charge in [-0.3, -0.25) is 10.1 Å². The molecule has 0 saturated heterocycles. The van der Waals surface area contributed by atoms with Crippen LogP contribution in [0.5, 0.6) is 0 Å². The van der Waals surface area contributed by atoms with Crippen molar-refractivity contribution in [3.8, 4) is 0 Å². The SMILES string of the molecule is O=[N+]([O-])c1cc(C(F)(F)F)ccc1[SH](=O)=O. The van der Waals surface area contributed by atoms with Gasteiger partial charge in [0.1, 0.15) is 4.90 Å². The molecule has 0 aliphatic rings. The quantitative estimate of drug-likeness (QED) is 0.494. The van der Waals surface area contributed by atoms with E-state index < -0.39 is 38.0 Å². The van der Waals surface area contributed by atoms with Crippen LogP contribution in [0.2, 0.25) is 0 Å². The van der Waals surface area contributed by atoms with Gasteiger partial charge in [-0.1, -0.05) is 0 Å². The molecule has 0 unspecified atom stereocenters. The standard InChI is InChI=1S/C7H4F3NO4S/c8-7(9,10)4-1-2-6(16(14)15)5(3-4)11(12)13/h1-3,16H. The molecule has 0 amide bonds. The van der Waals surface area contributed by atoms with Gasteiger partial charge in [-0.05, 0) is 12.1 Å². The van der Waals surface area contributed by atoms with Crippen LogP contribution in [0, 0.1) is 10.1 Å². The molecule has 9 heteroatoms. The van der Waals surface area contributed by atoms with E-state index in [9.17, 15) is 31.7 Å². The van der Waals surface area contributed by atoms with E-state index in [-0.39, 0.29) is 6.07 Å². The molecule has 1 aromatic rings. The molecule has 0 aromatic heterocycles. The van der Waals surface area contributed by atoms with Gasteiger partial charge in [0, 0.05) is 6.07 Å². The number of nitro benzene ring substituents is 1. The first kappa shape index (κ1) is 12.4. The van der Waals surface area contributed by atoms with Gasteiger partial charge in [0.2, 0.25) is 0 Å². The molecule has 0 spiro atoms. The molecule has 1 aromatic carbocycles. The summed E-state index contributed by atoms with van der Waals surface area (Å²) < 4.78 is 57.6. The minimum atomic E-state index is -4.75. The van der Waals surface area contributed by atoms with E-state index in [1.165, 1.54) is 0 Å². The Balaban J connectivity index is 3.46. The molecule has 0 saturated carbocycles. The Morgan fingerprint density at radius 2 is 1.81 bits per heavy atom. The molecule has 0 aliphatic carbocycles. The van der Waals surface area contributed by atoms with Gasteiger partial charge < -0.3 is 0 Å². The van der Waals surface area contributed by atoms with E-state index in [0.29, 0.717) is 12.1 Å². The summed E-state index contributed by atoms with van der Waals surface area (Å²) in [6.45, 7) is 0. The summed E-state index contributed by atoms with van der Waals surface area (Å²) in [7, 11) is -3.31. The molecule has 0 bridgehead atoms. The predicted octanol–water partition coefficient (Wildman–Crippen LogP) is 1.58. The summed E-state index contributed by atoms with van der Waals surface area (Å²) >= 11 is 0. The molecule has 0 radical (unpaired) electrons. The molecule has 0 N–H and O–H groups in total. The van der Waals surface area contributed by atoms with Gasteiger partial charge in [-0.15, -0.1) is 0 Å². The lowest BCUT2D eigenvalue weighted by atomic mass is 10.2. The van der Waals surface area contributed by atoms with Gasteiger partial charge >= 0.3 is 6.18 Å². The van der Waals surface area contributed by atoms with Crippen LogP contribution >= 0.6 is 0 Å². The van der Waals surface area contributed by atoms with E-state index in [1.807, 2.05) is 0 Å². The number of benzene rings is 1. The van der Waals surface area contributed by atoms with E-state index in [4.69, 9.17) is 0 Å². The molecule has 0 atom stereocenters. The summed E-state index contributed by atoms with van der Waals surface area (Å²) in [6.07, 6.45) is -4.75. The maximum Gasteiger partial charge on any atom is 0.416 e. The van der Waals surface area contributed by atoms with Crippen LogP contribution < -0.4 is 0 Å². The molecular formula is C7H4F3NO4S. The smallest absolute Gasteiger partial charge is 0.258 e. The third-order valence-corrected chi connectivity index (χ3v) is 2.47. The van der Waals surface area contributed by atoms with Gasteiger partial charge in [0.15, 0.2) is 10.7 Å². The molecular weight excluding hydrogens is 251 g/mol. The van der Waals surface area contributed by atoms with Crippen LogP contribution in [0.1, 0.15) is 5.56 Å². The third kappa shape index (κ3) is 2.48. The topological polar surface area (TPSA) is 77.3 Å². The maximum atomic E-state index is 12.2. The Morgan fingerprint density at radius 1 is 1.25 bits per heavy atom. The molecule has 1 rings (SSSR count). The Labute approximate surface area is 88.6 Å². The number of nitrogens with zero attached hydrogens (tertiary/aromatic N) is 1. The fraction of sp³-hybridized carbons (Fsp3) is 0.143. The highest BCUT2D eigenvalue weighted by Crippen LogP contribution is 2.33. The Morgan fingerprint density at radius 3 is 2.19 bits per heavy atom. The van der Waals surface area contributed by atoms with Crippen molar-refractivity contribution in [3.63, 3.8) is 0 Å². The second kappa shape index (κ2) is 4.08. The fourth-order valence-electron chi connectivity index (χ4n) is 1.00. The second-order valence-electron chi connectivity index (χ2n) is 2.72. The summed E-state index contributed by atoms with van der Waals surface area (Å²) in [5, 5.41) is 10.4. The molecule has 5 nitrogen and oxygen atoms in total. The van der Waals surface area contributed by atoms with Crippen molar-refractivity contribution in [2.75, 3.05) is 0 Å². The predicted molar refractivity (Wildman–Crippen MR) is 46.7 cm³/mol. The van der Waals surface area contributed by atoms with E-state index in [2.05, 4.69) is 0 Å². The highest BCUT2D eigenvalue weighted by Gasteiger charge is 2.33. The molecule has 0 heterocycles. The first-order chi connectivity index (χ1) is 7.23. The number of alkyl halides is 3. The van der Waals surface area contributed by atoms with Crippen LogP contribution in [0.25, 0.3) is 0 Å². The van der Waals surface area contributed by atoms with E-state index >= 15 is 0 Å². The third-order valence-electron chi connectivity index (χ3n) is 1.70. The zero-order valence-electron chi connectivity index (χ0n) is 7.39. The molecule has 16 heavy (non-hydrogen) atoms. The summed E-state index contributed by atoms with van der Waals surface area (Å²) in [6, 6.07) is 1.24. The number of halogens is 3. The van der Waals surface area contributed by atoms with E-state index in [1.54, 1.807) is 0 Å². The van der Waals surface area contributed by atoms with Crippen molar-refractivity contribution in [1.29, 1.82) is 0 Å². The minimum Gasteiger partial charge on any atom is -0.258 e. The number of thiol groups is 1. The number of hydrogen-bond donors (Lipinski definition) is 1. The van der Waals surface area contributed by atoms with E-state index in [0.717, 1.165) is 0 Å². The number of hydrogen-bond acceptors (Lipinski definition) is 4. The van der Waals surface area contributed by atoms with Crippen molar-refractivity contribution in [2.24, 2.45) is 0 Å². The average molecular weight is 255 g/mol. The van der Waals surface area contributed by atoms with Gasteiger partial charge in [0.05, 0.1) is 10.5 Å². The van der Waals surface area contributed by atoms with Gasteiger partial charge in [-0.2, -0.15) is 13.2 Å². The molecule has 0 aliphatic heterocycles. The Hall–Kier alpha value is -1.64. The Bertz CT molecular complexity index is 501. The van der Waals surface area contributed by atoms with Crippen molar-refractivity contribution in [2.45, 2.75) is 11.1 Å². The summed E-state index contributed by atoms with van der Waals surface area (Å²) in [4.78, 5) is 8.46. The largest absolute Gasteiger partial charge is 0.416 e. The van der Waals surface area contributed by atoms with Gasteiger partial charge in [-0.25, -0.2) is 8.42 Å². The highest BCUT2D eigenvalue weighted by molar-refractivity contribution is 7.72. The molecule has 0 fully saturated rings. The maximum absolute atomic E-state index is 12.2. The van der Waals surface area contributed by atoms with Crippen molar-refractivity contribution in [3.05, 3.63) is 33.9 Å². The van der Waals surface area contributed by atoms with Crippen LogP contribution in [0.3, 0.4) is 0 Å². The monoisotopic (exact) mass is 255 g/mol. The lowest BCUT2D eigenvalue weighted by Crippen LogP contribution is -2.06. The van der Waals surface area contributed by atoms with Crippen molar-refractivity contribution in [1.82, 2.24) is 0 Å². The van der Waals surface area contributed by atoms with Crippen LogP contribution in [0.4, 0.5) is 18.9 Å². The number of rotatable bonds is 2. The van der Waals surface area contributed by atoms with Crippen molar-refractivity contribution < 1.29 is 26.5 Å². The summed E-state index contributed by atoms with van der Waals surface area (Å²) in [5.74, 6) is 0. The second-order valence-corrected chi connectivity index (χ2v) is 3.71. The highest BCUT2D eigenvalue weighted by atomic mass is 32.2. The fourth-order valence-corrected chi connectivity index (χ4v) is 1.53. The lowest BCUT2D eigenvalue weighted by Gasteiger charge is -2.06. The summed E-state index contributed by atoms with van der Waals surface area (Å²) in [5.41, 5.74) is -2.34. The first-order valence-electron chi connectivity index (χ1n) is 3.73. The molecule has 88 valence electrons.